The van der Waals surface area contributed by atoms with Crippen molar-refractivity contribution in [2.45, 2.75) is 26.7 Å². The summed E-state index contributed by atoms with van der Waals surface area (Å²) in [6.07, 6.45) is 0.962. The Labute approximate surface area is 155 Å². The highest BCUT2D eigenvalue weighted by atomic mass is 16.5. The third kappa shape index (κ3) is 5.62. The third-order valence-electron chi connectivity index (χ3n) is 4.20. The van der Waals surface area contributed by atoms with Crippen LogP contribution in [0.1, 0.15) is 24.5 Å². The SMILES string of the molecule is COc1ccccc1CCNC(=O)CCN(C(C)=O)c1ccc(C)cc1. The molecule has 138 valence electrons. The highest BCUT2D eigenvalue weighted by Gasteiger charge is 2.13. The van der Waals surface area contributed by atoms with Gasteiger partial charge in [-0.15, -0.1) is 0 Å². The van der Waals surface area contributed by atoms with Gasteiger partial charge >= 0.3 is 0 Å². The summed E-state index contributed by atoms with van der Waals surface area (Å²) in [6.45, 7) is 4.40. The minimum absolute atomic E-state index is 0.0711. The maximum absolute atomic E-state index is 12.1. The number of methoxy groups -OCH3 is 1. The van der Waals surface area contributed by atoms with E-state index in [1.54, 1.807) is 12.0 Å². The number of carbonyl (C=O) groups is 2. The van der Waals surface area contributed by atoms with Crippen molar-refractivity contribution < 1.29 is 14.3 Å². The standard InChI is InChI=1S/C21H26N2O3/c1-16-8-10-19(11-9-16)23(17(2)24)15-13-21(25)22-14-12-18-6-4-5-7-20(18)26-3/h4-11H,12-15H2,1-3H3,(H,22,25). The van der Waals surface area contributed by atoms with Crippen LogP contribution in [-0.4, -0.2) is 32.0 Å². The number of nitrogens with one attached hydrogen (secondary N) is 1. The fraction of sp³-hybridized carbons (Fsp3) is 0.333. The lowest BCUT2D eigenvalue weighted by Gasteiger charge is -2.21. The second-order valence-electron chi connectivity index (χ2n) is 6.17. The fourth-order valence-corrected chi connectivity index (χ4v) is 2.74. The molecule has 0 saturated carbocycles. The van der Waals surface area contributed by atoms with Crippen LogP contribution in [0.2, 0.25) is 0 Å². The number of para-hydroxylation sites is 1. The lowest BCUT2D eigenvalue weighted by Crippen LogP contribution is -2.34. The van der Waals surface area contributed by atoms with E-state index in [1.807, 2.05) is 55.5 Å². The monoisotopic (exact) mass is 354 g/mol. The molecule has 0 aromatic heterocycles. The average Bonchev–Trinajstić information content (AvgIpc) is 2.63. The Morgan fingerprint density at radius 3 is 2.42 bits per heavy atom. The first-order chi connectivity index (χ1) is 12.5. The van der Waals surface area contributed by atoms with Gasteiger partial charge in [-0.2, -0.15) is 0 Å². The Kier molecular flexibility index (Phi) is 7.21. The zero-order valence-electron chi connectivity index (χ0n) is 15.6. The number of benzene rings is 2. The van der Waals surface area contributed by atoms with E-state index in [9.17, 15) is 9.59 Å². The van der Waals surface area contributed by atoms with Crippen molar-refractivity contribution >= 4 is 17.5 Å². The van der Waals surface area contributed by atoms with Gasteiger partial charge in [0.05, 0.1) is 7.11 Å². The molecule has 2 aromatic rings. The second-order valence-corrected chi connectivity index (χ2v) is 6.17. The predicted octanol–water partition coefficient (Wildman–Crippen LogP) is 3.11. The van der Waals surface area contributed by atoms with E-state index in [2.05, 4.69) is 5.32 Å². The highest BCUT2D eigenvalue weighted by Crippen LogP contribution is 2.17. The number of hydrogen-bond acceptors (Lipinski definition) is 3. The molecule has 0 atom stereocenters. The number of hydrogen-bond donors (Lipinski definition) is 1. The lowest BCUT2D eigenvalue weighted by molar-refractivity contribution is -0.121. The summed E-state index contributed by atoms with van der Waals surface area (Å²) in [6, 6.07) is 15.5. The Balaban J connectivity index is 1.83. The summed E-state index contributed by atoms with van der Waals surface area (Å²) in [5.41, 5.74) is 3.00. The molecule has 0 fully saturated rings. The number of nitrogens with zero attached hydrogens (tertiary/aromatic N) is 1. The van der Waals surface area contributed by atoms with E-state index < -0.39 is 0 Å². The average molecular weight is 354 g/mol. The van der Waals surface area contributed by atoms with Gasteiger partial charge in [0.2, 0.25) is 11.8 Å². The largest absolute Gasteiger partial charge is 0.496 e. The third-order valence-corrected chi connectivity index (χ3v) is 4.20. The van der Waals surface area contributed by atoms with E-state index in [-0.39, 0.29) is 18.2 Å². The van der Waals surface area contributed by atoms with Crippen molar-refractivity contribution in [1.82, 2.24) is 5.32 Å². The summed E-state index contributed by atoms with van der Waals surface area (Å²) >= 11 is 0. The van der Waals surface area contributed by atoms with Crippen LogP contribution in [-0.2, 0) is 16.0 Å². The number of carbonyl (C=O) groups excluding carboxylic acids is 2. The number of anilines is 1. The number of amides is 2. The molecule has 0 aliphatic carbocycles. The molecule has 0 unspecified atom stereocenters. The Hall–Kier alpha value is -2.82. The molecular formula is C21H26N2O3. The molecule has 5 heteroatoms. The molecule has 0 spiro atoms. The van der Waals surface area contributed by atoms with Crippen molar-refractivity contribution in [3.8, 4) is 5.75 Å². The van der Waals surface area contributed by atoms with Crippen LogP contribution in [0.3, 0.4) is 0 Å². The molecule has 0 aliphatic heterocycles. The van der Waals surface area contributed by atoms with Gasteiger partial charge in [-0.3, -0.25) is 9.59 Å². The quantitative estimate of drug-likeness (QED) is 0.792. The molecule has 26 heavy (non-hydrogen) atoms. The molecule has 0 radical (unpaired) electrons. The van der Waals surface area contributed by atoms with Crippen LogP contribution < -0.4 is 15.0 Å². The molecule has 1 N–H and O–H groups in total. The van der Waals surface area contributed by atoms with Crippen molar-refractivity contribution in [3.63, 3.8) is 0 Å². The van der Waals surface area contributed by atoms with Crippen LogP contribution in [0.15, 0.2) is 48.5 Å². The molecule has 0 aliphatic rings. The number of aryl methyl sites for hydroxylation is 1. The summed E-state index contributed by atoms with van der Waals surface area (Å²) in [5.74, 6) is 0.679. The Bertz CT molecular complexity index is 741. The van der Waals surface area contributed by atoms with Crippen molar-refractivity contribution in [2.24, 2.45) is 0 Å². The molecule has 2 aromatic carbocycles. The van der Waals surface area contributed by atoms with Crippen molar-refractivity contribution in [3.05, 3.63) is 59.7 Å². The summed E-state index contributed by atoms with van der Waals surface area (Å²) in [4.78, 5) is 25.6. The number of ether oxygens (including phenoxy) is 1. The Morgan fingerprint density at radius 2 is 1.77 bits per heavy atom. The van der Waals surface area contributed by atoms with Crippen LogP contribution in [0.4, 0.5) is 5.69 Å². The van der Waals surface area contributed by atoms with Gasteiger partial charge in [-0.1, -0.05) is 35.9 Å². The first-order valence-corrected chi connectivity index (χ1v) is 8.74. The summed E-state index contributed by atoms with van der Waals surface area (Å²) in [5, 5.41) is 2.90. The second kappa shape index (κ2) is 9.61. The predicted molar refractivity (Wildman–Crippen MR) is 104 cm³/mol. The fourth-order valence-electron chi connectivity index (χ4n) is 2.74. The van der Waals surface area contributed by atoms with E-state index in [0.29, 0.717) is 19.5 Å². The maximum Gasteiger partial charge on any atom is 0.223 e. The maximum atomic E-state index is 12.1. The first-order valence-electron chi connectivity index (χ1n) is 8.74. The zero-order chi connectivity index (χ0) is 18.9. The van der Waals surface area contributed by atoms with Gasteiger partial charge < -0.3 is 15.0 Å². The van der Waals surface area contributed by atoms with Gasteiger partial charge in [0.15, 0.2) is 0 Å². The van der Waals surface area contributed by atoms with Crippen LogP contribution in [0, 0.1) is 6.92 Å². The van der Waals surface area contributed by atoms with Crippen molar-refractivity contribution in [2.75, 3.05) is 25.1 Å². The van der Waals surface area contributed by atoms with Gasteiger partial charge in [-0.25, -0.2) is 0 Å². The van der Waals surface area contributed by atoms with Gasteiger partial charge in [0.25, 0.3) is 0 Å². The van der Waals surface area contributed by atoms with Crippen LogP contribution >= 0.6 is 0 Å². The Morgan fingerprint density at radius 1 is 1.08 bits per heavy atom. The van der Waals surface area contributed by atoms with E-state index in [0.717, 1.165) is 22.6 Å². The van der Waals surface area contributed by atoms with Crippen LogP contribution in [0.25, 0.3) is 0 Å². The minimum atomic E-state index is -0.0734. The van der Waals surface area contributed by atoms with E-state index in [4.69, 9.17) is 4.74 Å². The summed E-state index contributed by atoms with van der Waals surface area (Å²) < 4.78 is 5.31. The highest BCUT2D eigenvalue weighted by molar-refractivity contribution is 5.92. The lowest BCUT2D eigenvalue weighted by atomic mass is 10.1. The first kappa shape index (κ1) is 19.5. The molecule has 5 nitrogen and oxygen atoms in total. The van der Waals surface area contributed by atoms with Crippen molar-refractivity contribution in [1.29, 1.82) is 0 Å². The topological polar surface area (TPSA) is 58.6 Å². The molecule has 2 rings (SSSR count). The summed E-state index contributed by atoms with van der Waals surface area (Å²) in [7, 11) is 1.64. The minimum Gasteiger partial charge on any atom is -0.496 e. The normalized spacial score (nSPS) is 10.3. The molecular weight excluding hydrogens is 328 g/mol. The molecule has 0 heterocycles. The van der Waals surface area contributed by atoms with Crippen LogP contribution in [0.5, 0.6) is 5.75 Å². The smallest absolute Gasteiger partial charge is 0.223 e. The number of rotatable bonds is 8. The molecule has 0 saturated heterocycles. The van der Waals surface area contributed by atoms with Gasteiger partial charge in [0.1, 0.15) is 5.75 Å². The van der Waals surface area contributed by atoms with E-state index >= 15 is 0 Å². The van der Waals surface area contributed by atoms with Gasteiger partial charge in [-0.05, 0) is 37.1 Å². The zero-order valence-corrected chi connectivity index (χ0v) is 15.6. The molecule has 0 bridgehead atoms. The van der Waals surface area contributed by atoms with E-state index in [1.165, 1.54) is 6.92 Å². The van der Waals surface area contributed by atoms with Gasteiger partial charge in [0, 0.05) is 32.1 Å². The molecule has 2 amide bonds.